The number of aliphatic carboxylic acids is 2. The summed E-state index contributed by atoms with van der Waals surface area (Å²) in [6.07, 6.45) is 10.4. The molecule has 5 aromatic carbocycles. The smallest absolute Gasteiger partial charge is 0.195 e. The van der Waals surface area contributed by atoms with Gasteiger partial charge in [-0.25, -0.2) is 14.6 Å². The molecule has 0 amide bonds. The lowest BCUT2D eigenvalue weighted by atomic mass is 10.1. The molecule has 0 saturated carbocycles. The molecule has 116 heavy (non-hydrogen) atoms. The van der Waals surface area contributed by atoms with Crippen LogP contribution < -0.4 is 45.2 Å². The number of pyridine rings is 2. The van der Waals surface area contributed by atoms with Crippen molar-refractivity contribution in [2.24, 2.45) is 0 Å². The molecule has 0 bridgehead atoms. The van der Waals surface area contributed by atoms with E-state index in [2.05, 4.69) is 68.3 Å². The van der Waals surface area contributed by atoms with Crippen LogP contribution in [0.15, 0.2) is 168 Å². The second kappa shape index (κ2) is 38.3. The van der Waals surface area contributed by atoms with Gasteiger partial charge in [0.05, 0.1) is 105 Å². The number of benzene rings is 5. The van der Waals surface area contributed by atoms with E-state index in [1.54, 1.807) is 108 Å². The Morgan fingerprint density at radius 2 is 1.21 bits per heavy atom. The molecule has 0 unspecified atom stereocenters. The maximum Gasteiger partial charge on any atom is 0.195 e. The largest absolute Gasteiger partial charge is 0.546 e. The molecule has 0 spiro atoms. The molecule has 596 valence electrons. The van der Waals surface area contributed by atoms with Gasteiger partial charge in [-0.3, -0.25) is 34.1 Å². The van der Waals surface area contributed by atoms with Crippen molar-refractivity contribution >= 4 is 132 Å². The second-order valence-corrected chi connectivity index (χ2v) is 28.5. The average Bonchev–Trinajstić information content (AvgIpc) is 1.61. The van der Waals surface area contributed by atoms with Gasteiger partial charge in [0.2, 0.25) is 0 Å². The maximum absolute atomic E-state index is 11.7. The minimum atomic E-state index is -1.35. The minimum Gasteiger partial charge on any atom is -0.546 e. The Balaban J connectivity index is 0.000000153. The fourth-order valence-corrected chi connectivity index (χ4v) is 14.0. The number of hydrogen-bond acceptors (Lipinski definition) is 27. The summed E-state index contributed by atoms with van der Waals surface area (Å²) in [5.41, 5.74) is 10.5. The summed E-state index contributed by atoms with van der Waals surface area (Å²) in [6, 6.07) is 36.0. The first-order valence-electron chi connectivity index (χ1n) is 35.3. The van der Waals surface area contributed by atoms with E-state index in [4.69, 9.17) is 33.9 Å². The number of Topliss-reactive ketones (excluding diaryl/α,β-unsaturated/α-hetero) is 1. The Kier molecular flexibility index (Phi) is 28.1. The number of nitrogens with zero attached hydrogens (tertiary/aromatic N) is 12. The lowest BCUT2D eigenvalue weighted by Crippen LogP contribution is -2.29. The third-order valence-corrected chi connectivity index (χ3v) is 19.8. The van der Waals surface area contributed by atoms with Crippen LogP contribution in [0.5, 0.6) is 11.5 Å². The van der Waals surface area contributed by atoms with E-state index < -0.39 is 55.0 Å². The molecular formula is C81H68BrN14O17S3-7. The van der Waals surface area contributed by atoms with Crippen LogP contribution in [0.4, 0.5) is 0 Å². The number of halogens is 1. The quantitative estimate of drug-likeness (QED) is 0.0611. The first-order chi connectivity index (χ1) is 55.4. The van der Waals surface area contributed by atoms with Crippen LogP contribution in [0.25, 0.3) is 72.0 Å². The standard InChI is InChI=1S/C19H17NO5.C16H18BrNO5.C16H14N4O2S.C16H15N3O3S.C14H11N5O2S/c1-11-4-3-5-13(8-11)20-12(2)18(19(23)24)15-9-14(6-7-16(15)20)25-10-17(21)22;1-3-4-5-18-9(2)15(16(21)22)10-6-13(23-8-14(19)20)11(17)7-12(10)18;1-10-5-13(8-17-7-10)14-18-19-16(23)20(14)9-11-3-2-4-12(6-11)15(21)22;1-9(20)5-6-19-15-14(10(2)18-19)11(16(21)22)8-12(17-15)13-4-3-7-23-13;20-13(21)10-3-1-2-9(6-10)8-19-12(17-18-14(19)22)11-7-15-4-5-16-11/h3-9H,10H2,1-2H3,(H,21,22)(H,23,24);6-7H,3-5,8H2,1-2H3,(H,19,20)(H,21,22);2-8H,9H2,1H3,(H,19,23)(H,21,22);3-4,7-8H,5-6H2,1-2H3,(H,21,22);1-7H,8H2,(H,18,22)(H,20,21)/p-7. The van der Waals surface area contributed by atoms with Gasteiger partial charge in [-0.1, -0.05) is 67.9 Å². The maximum atomic E-state index is 11.7. The monoisotopic (exact) mass is 1680 g/mol. The van der Waals surface area contributed by atoms with Crippen molar-refractivity contribution in [1.29, 1.82) is 0 Å². The summed E-state index contributed by atoms with van der Waals surface area (Å²) in [4.78, 5) is 107. The van der Waals surface area contributed by atoms with Crippen molar-refractivity contribution in [3.05, 3.63) is 245 Å². The summed E-state index contributed by atoms with van der Waals surface area (Å²) in [6.45, 7) is 13.2. The van der Waals surface area contributed by atoms with E-state index >= 15 is 0 Å². The normalized spacial score (nSPS) is 10.8. The number of aromatic carboxylic acids is 5. The van der Waals surface area contributed by atoms with Crippen molar-refractivity contribution < 1.29 is 83.6 Å². The lowest BCUT2D eigenvalue weighted by Gasteiger charge is -2.11. The van der Waals surface area contributed by atoms with E-state index in [9.17, 15) is 74.1 Å². The summed E-state index contributed by atoms with van der Waals surface area (Å²) in [5, 5.41) is 99.2. The fourth-order valence-electron chi connectivity index (χ4n) is 12.5. The van der Waals surface area contributed by atoms with Gasteiger partial charge in [-0.05, 0) is 200 Å². The Morgan fingerprint density at radius 1 is 0.578 bits per heavy atom. The molecule has 0 radical (unpaired) electrons. The number of aromatic amines is 2. The minimum absolute atomic E-state index is 0.0424. The molecular weight excluding hydrogens is 1620 g/mol. The summed E-state index contributed by atoms with van der Waals surface area (Å²) >= 11 is 15.3. The number of aromatic nitrogens is 14. The molecule has 14 aromatic rings. The molecule has 14 rings (SSSR count). The number of ketones is 1. The zero-order valence-electron chi connectivity index (χ0n) is 62.9. The zero-order chi connectivity index (χ0) is 83.8. The highest BCUT2D eigenvalue weighted by atomic mass is 79.9. The van der Waals surface area contributed by atoms with Crippen LogP contribution in [0.3, 0.4) is 0 Å². The van der Waals surface area contributed by atoms with E-state index in [1.807, 2.05) is 83.0 Å². The highest BCUT2D eigenvalue weighted by Gasteiger charge is 2.22. The van der Waals surface area contributed by atoms with Crippen molar-refractivity contribution in [2.75, 3.05) is 13.2 Å². The van der Waals surface area contributed by atoms with E-state index in [0.29, 0.717) is 114 Å². The van der Waals surface area contributed by atoms with Crippen LogP contribution in [0, 0.1) is 44.2 Å². The van der Waals surface area contributed by atoms with E-state index in [1.165, 1.54) is 48.6 Å². The summed E-state index contributed by atoms with van der Waals surface area (Å²) in [7, 11) is 0. The number of fused-ring (bicyclic) bond motifs is 3. The Morgan fingerprint density at radius 3 is 1.78 bits per heavy atom. The molecule has 0 aliphatic heterocycles. The SMILES string of the molecule is CC(=O)CCn1nc(C)c2c(C(=O)[O-])cc(-c3cccs3)nc21.CCCCn1c(C)c(C(=O)[O-])c2cc(OCC(=O)[O-])c(Br)cc21.Cc1cccc(-n2c(C)c(C(=O)[O-])c3cc(OCC(=O)[O-])ccc32)c1.Cc1cncc(-c2n[nH]c(=S)n2Cc2cccc(C(=O)[O-])c2)c1.O=C([O-])c1cccc(Cn2c(-c3cnccn3)n[nH]c2=S)c1. The first-order valence-corrected chi connectivity index (χ1v) is 37.7. The molecule has 0 fully saturated rings. The Hall–Kier alpha value is -13.5. The molecule has 0 aliphatic rings. The molecule has 31 nitrogen and oxygen atoms in total. The summed E-state index contributed by atoms with van der Waals surface area (Å²) < 4.78 is 20.5. The van der Waals surface area contributed by atoms with Crippen LogP contribution in [-0.4, -0.2) is 129 Å². The van der Waals surface area contributed by atoms with Gasteiger partial charge in [0.25, 0.3) is 0 Å². The van der Waals surface area contributed by atoms with Crippen LogP contribution in [0.2, 0.25) is 0 Å². The molecule has 0 aliphatic carbocycles. The van der Waals surface area contributed by atoms with Crippen LogP contribution >= 0.6 is 51.7 Å². The number of aryl methyl sites for hydroxylation is 5. The number of unbranched alkanes of at least 4 members (excludes halogenated alkanes) is 1. The third-order valence-electron chi connectivity index (χ3n) is 17.7. The average molecular weight is 1690 g/mol. The zero-order valence-corrected chi connectivity index (χ0v) is 66.9. The van der Waals surface area contributed by atoms with Crippen molar-refractivity contribution in [3.8, 4) is 50.7 Å². The number of nitrogens with one attached hydrogen (secondary N) is 2. The number of carbonyl (C=O) groups excluding carboxylic acids is 8. The third kappa shape index (κ3) is 20.6. The van der Waals surface area contributed by atoms with Crippen molar-refractivity contribution in [3.63, 3.8) is 0 Å². The molecule has 2 N–H and O–H groups in total. The Bertz CT molecular complexity index is 6180. The number of ether oxygens (including phenoxy) is 2. The number of H-pyrrole nitrogens is 2. The van der Waals surface area contributed by atoms with Gasteiger partial charge >= 0.3 is 0 Å². The van der Waals surface area contributed by atoms with E-state index in [0.717, 1.165) is 56.7 Å². The van der Waals surface area contributed by atoms with Crippen molar-refractivity contribution in [1.82, 2.24) is 68.4 Å². The van der Waals surface area contributed by atoms with Crippen molar-refractivity contribution in [2.45, 2.75) is 93.9 Å². The molecule has 0 atom stereocenters. The number of carboxylic acid groups (broad SMARTS) is 7. The number of rotatable bonds is 25. The van der Waals surface area contributed by atoms with Gasteiger partial charge in [0, 0.05) is 87.9 Å². The topological polar surface area (TPSA) is 463 Å². The van der Waals surface area contributed by atoms with Gasteiger partial charge < -0.3 is 87.9 Å². The highest BCUT2D eigenvalue weighted by Crippen LogP contribution is 2.37. The highest BCUT2D eigenvalue weighted by molar-refractivity contribution is 9.10. The van der Waals surface area contributed by atoms with Gasteiger partial charge in [0.15, 0.2) is 26.8 Å². The number of thiophene rings is 1. The Labute approximate surface area is 682 Å². The molecule has 0 saturated heterocycles. The van der Waals surface area contributed by atoms with Gasteiger partial charge in [0.1, 0.15) is 36.2 Å². The lowest BCUT2D eigenvalue weighted by molar-refractivity contribution is -0.308. The number of carboxylic acids is 7. The number of carbonyl (C=O) groups is 8. The first kappa shape index (κ1) is 84.9. The predicted octanol–water partition coefficient (Wildman–Crippen LogP) is 6.09. The van der Waals surface area contributed by atoms with Crippen LogP contribution in [-0.2, 0) is 40.6 Å². The van der Waals surface area contributed by atoms with Gasteiger partial charge in [-0.15, -0.1) is 11.3 Å². The fraction of sp³-hybridized carbons (Fsp3) is 0.198. The van der Waals surface area contributed by atoms with Gasteiger partial charge in [-0.2, -0.15) is 15.3 Å². The second-order valence-electron chi connectivity index (χ2n) is 25.9. The molecule has 9 aromatic heterocycles. The molecule has 35 heteroatoms. The van der Waals surface area contributed by atoms with E-state index in [-0.39, 0.29) is 45.1 Å². The predicted molar refractivity (Wildman–Crippen MR) is 420 cm³/mol. The molecule has 9 heterocycles. The van der Waals surface area contributed by atoms with Crippen LogP contribution in [0.1, 0.15) is 124 Å². The number of hydrogen-bond donors (Lipinski definition) is 2. The summed E-state index contributed by atoms with van der Waals surface area (Å²) in [5.74, 6) is -7.22.